The van der Waals surface area contributed by atoms with Gasteiger partial charge in [0.2, 0.25) is 5.91 Å². The van der Waals surface area contributed by atoms with Crippen molar-refractivity contribution < 1.29 is 19.1 Å². The van der Waals surface area contributed by atoms with Crippen LogP contribution in [0.5, 0.6) is 5.75 Å². The van der Waals surface area contributed by atoms with E-state index in [4.69, 9.17) is 21.1 Å². The first-order valence-corrected chi connectivity index (χ1v) is 11.9. The van der Waals surface area contributed by atoms with Crippen LogP contribution in [0.25, 0.3) is 0 Å². The fraction of sp³-hybridized carbons (Fsp3) is 0.240. The van der Waals surface area contributed by atoms with Gasteiger partial charge in [0, 0.05) is 11.3 Å². The number of anilines is 1. The highest BCUT2D eigenvalue weighted by molar-refractivity contribution is 8.03. The van der Waals surface area contributed by atoms with E-state index in [0.717, 1.165) is 0 Å². The minimum atomic E-state index is -0.712. The normalized spacial score (nSPS) is 15.3. The van der Waals surface area contributed by atoms with E-state index in [0.29, 0.717) is 50.5 Å². The first-order valence-electron chi connectivity index (χ1n) is 10.5. The van der Waals surface area contributed by atoms with Crippen LogP contribution in [0.3, 0.4) is 0 Å². The first kappa shape index (κ1) is 25.2. The van der Waals surface area contributed by atoms with E-state index in [2.05, 4.69) is 16.7 Å². The maximum atomic E-state index is 12.7. The summed E-state index contributed by atoms with van der Waals surface area (Å²) in [6.45, 7) is 4.02. The second-order valence-corrected chi connectivity index (χ2v) is 8.62. The summed E-state index contributed by atoms with van der Waals surface area (Å²) in [5.41, 5.74) is 2.33. The lowest BCUT2D eigenvalue weighted by Gasteiger charge is -2.30. The summed E-state index contributed by atoms with van der Waals surface area (Å²) in [5.74, 6) is -0.944. The Labute approximate surface area is 207 Å². The highest BCUT2D eigenvalue weighted by Gasteiger charge is 2.37. The molecule has 3 rings (SSSR count). The van der Waals surface area contributed by atoms with Gasteiger partial charge in [0.15, 0.2) is 0 Å². The van der Waals surface area contributed by atoms with Gasteiger partial charge in [-0.2, -0.15) is 5.26 Å². The van der Waals surface area contributed by atoms with Crippen LogP contribution in [0, 0.1) is 11.3 Å². The van der Waals surface area contributed by atoms with Crippen molar-refractivity contribution in [2.24, 2.45) is 0 Å². The van der Waals surface area contributed by atoms with Gasteiger partial charge in [0.25, 0.3) is 0 Å². The van der Waals surface area contributed by atoms with Crippen LogP contribution < -0.4 is 15.4 Å². The minimum absolute atomic E-state index is 0.0272. The van der Waals surface area contributed by atoms with Gasteiger partial charge in [-0.3, -0.25) is 4.79 Å². The number of carbonyl (C=O) groups excluding carboxylic acids is 2. The minimum Gasteiger partial charge on any atom is -0.494 e. The first-order chi connectivity index (χ1) is 16.4. The summed E-state index contributed by atoms with van der Waals surface area (Å²) < 4.78 is 10.8. The lowest BCUT2D eigenvalue weighted by Crippen LogP contribution is -2.29. The zero-order valence-electron chi connectivity index (χ0n) is 19.0. The van der Waals surface area contributed by atoms with Crippen molar-refractivity contribution in [2.45, 2.75) is 19.8 Å². The molecule has 0 aromatic heterocycles. The molecule has 1 aliphatic heterocycles. The van der Waals surface area contributed by atoms with Gasteiger partial charge in [-0.25, -0.2) is 4.79 Å². The molecule has 34 heavy (non-hydrogen) atoms. The molecule has 0 saturated heterocycles. The highest BCUT2D eigenvalue weighted by atomic mass is 35.5. The van der Waals surface area contributed by atoms with E-state index in [1.807, 2.05) is 25.1 Å². The van der Waals surface area contributed by atoms with Gasteiger partial charge in [0.05, 0.1) is 58.3 Å². The monoisotopic (exact) mass is 497 g/mol. The molecule has 7 nitrogen and oxygen atoms in total. The summed E-state index contributed by atoms with van der Waals surface area (Å²) in [6, 6.07) is 16.4. The number of carbonyl (C=O) groups is 2. The van der Waals surface area contributed by atoms with Crippen LogP contribution in [-0.4, -0.2) is 31.3 Å². The maximum absolute atomic E-state index is 12.7. The molecule has 0 aliphatic carbocycles. The smallest absolute Gasteiger partial charge is 0.336 e. The number of nitrogens with zero attached hydrogens (tertiary/aromatic N) is 1. The number of methoxy groups -OCH3 is 1. The zero-order valence-corrected chi connectivity index (χ0v) is 20.5. The molecule has 2 N–H and O–H groups in total. The number of ether oxygens (including phenoxy) is 2. The third kappa shape index (κ3) is 5.56. The summed E-state index contributed by atoms with van der Waals surface area (Å²) in [4.78, 5) is 25.3. The second-order valence-electron chi connectivity index (χ2n) is 7.23. The molecule has 9 heteroatoms. The Kier molecular flexibility index (Phi) is 8.63. The molecule has 2 aromatic carbocycles. The number of rotatable bonds is 8. The van der Waals surface area contributed by atoms with Gasteiger partial charge < -0.3 is 20.1 Å². The van der Waals surface area contributed by atoms with Crippen LogP contribution in [0.4, 0.5) is 5.69 Å². The predicted octanol–water partition coefficient (Wildman–Crippen LogP) is 4.98. The Bertz CT molecular complexity index is 1200. The largest absolute Gasteiger partial charge is 0.494 e. The molecular formula is C25H24ClN3O4S. The highest BCUT2D eigenvalue weighted by Crippen LogP contribution is 2.44. The number of allylic oxidation sites excluding steroid dienone is 2. The summed E-state index contributed by atoms with van der Waals surface area (Å²) in [7, 11) is 1.30. The second kappa shape index (κ2) is 11.6. The van der Waals surface area contributed by atoms with Crippen molar-refractivity contribution in [1.29, 1.82) is 5.26 Å². The van der Waals surface area contributed by atoms with E-state index >= 15 is 0 Å². The Morgan fingerprint density at radius 1 is 1.21 bits per heavy atom. The molecule has 1 aliphatic rings. The number of para-hydroxylation sites is 2. The average Bonchev–Trinajstić information content (AvgIpc) is 2.84. The van der Waals surface area contributed by atoms with Crippen molar-refractivity contribution >= 4 is 40.9 Å². The quantitative estimate of drug-likeness (QED) is 0.496. The van der Waals surface area contributed by atoms with Crippen molar-refractivity contribution in [2.75, 3.05) is 24.8 Å². The molecule has 1 heterocycles. The van der Waals surface area contributed by atoms with Crippen molar-refractivity contribution in [1.82, 2.24) is 5.32 Å². The molecule has 0 fully saturated rings. The molecule has 0 bridgehead atoms. The van der Waals surface area contributed by atoms with Crippen LogP contribution in [0.2, 0.25) is 5.02 Å². The van der Waals surface area contributed by atoms with Gasteiger partial charge in [0.1, 0.15) is 5.75 Å². The van der Waals surface area contributed by atoms with Crippen LogP contribution in [0.15, 0.2) is 70.4 Å². The Balaban J connectivity index is 1.96. The van der Waals surface area contributed by atoms with E-state index in [9.17, 15) is 14.9 Å². The number of nitrogens with one attached hydrogen (secondary N) is 2. The van der Waals surface area contributed by atoms with Crippen LogP contribution >= 0.6 is 23.4 Å². The number of thioether (sulfide) groups is 1. The molecular weight excluding hydrogens is 474 g/mol. The van der Waals surface area contributed by atoms with E-state index < -0.39 is 11.9 Å². The number of benzene rings is 2. The maximum Gasteiger partial charge on any atom is 0.336 e. The van der Waals surface area contributed by atoms with Crippen molar-refractivity contribution in [3.05, 3.63) is 81.0 Å². The fourth-order valence-electron chi connectivity index (χ4n) is 3.61. The summed E-state index contributed by atoms with van der Waals surface area (Å²) in [6.07, 6.45) is 0. The van der Waals surface area contributed by atoms with E-state index in [-0.39, 0.29) is 11.7 Å². The van der Waals surface area contributed by atoms with E-state index in [1.54, 1.807) is 37.3 Å². The number of halogens is 1. The Morgan fingerprint density at radius 3 is 2.59 bits per heavy atom. The summed E-state index contributed by atoms with van der Waals surface area (Å²) in [5, 5.41) is 16.9. The predicted molar refractivity (Wildman–Crippen MR) is 133 cm³/mol. The number of hydrogen-bond donors (Lipinski definition) is 2. The van der Waals surface area contributed by atoms with Gasteiger partial charge in [-0.05, 0) is 32.0 Å². The topological polar surface area (TPSA) is 100 Å². The van der Waals surface area contributed by atoms with Crippen molar-refractivity contribution in [3.63, 3.8) is 0 Å². The van der Waals surface area contributed by atoms with Gasteiger partial charge in [-0.1, -0.05) is 53.7 Å². The number of dihydropyridines is 1. The molecule has 176 valence electrons. The zero-order chi connectivity index (χ0) is 24.7. The van der Waals surface area contributed by atoms with Crippen molar-refractivity contribution in [3.8, 4) is 11.8 Å². The Hall–Kier alpha value is -3.41. The molecule has 0 spiro atoms. The molecule has 1 unspecified atom stereocenters. The third-order valence-electron chi connectivity index (χ3n) is 5.08. The number of esters is 1. The molecule has 0 radical (unpaired) electrons. The summed E-state index contributed by atoms with van der Waals surface area (Å²) >= 11 is 7.29. The number of amides is 1. The van der Waals surface area contributed by atoms with Gasteiger partial charge in [-0.15, -0.1) is 0 Å². The average molecular weight is 498 g/mol. The third-order valence-corrected chi connectivity index (χ3v) is 6.42. The SMILES string of the molecule is CCOc1ccccc1C1C(C#N)=C(SCC(=O)Nc2ccccc2Cl)NC(C)=C1C(=O)OC. The number of hydrogen-bond acceptors (Lipinski definition) is 7. The van der Waals surface area contributed by atoms with Gasteiger partial charge >= 0.3 is 5.97 Å². The number of nitriles is 1. The van der Waals surface area contributed by atoms with Crippen LogP contribution in [-0.2, 0) is 14.3 Å². The van der Waals surface area contributed by atoms with Crippen LogP contribution in [0.1, 0.15) is 25.3 Å². The molecule has 2 aromatic rings. The Morgan fingerprint density at radius 2 is 1.91 bits per heavy atom. The molecule has 1 amide bonds. The molecule has 1 atom stereocenters. The molecule has 0 saturated carbocycles. The fourth-order valence-corrected chi connectivity index (χ4v) is 4.69. The van der Waals surface area contributed by atoms with E-state index in [1.165, 1.54) is 18.9 Å². The lowest BCUT2D eigenvalue weighted by molar-refractivity contribution is -0.136. The standard InChI is InChI=1S/C25H24ClN3O4S/c1-4-33-20-12-8-5-9-16(20)23-17(13-27)24(28-15(2)22(23)25(31)32-3)34-14-21(30)29-19-11-7-6-10-18(19)26/h5-12,23,28H,4,14H2,1-3H3,(H,29,30). The lowest BCUT2D eigenvalue weighted by atomic mass is 9.82.